The van der Waals surface area contributed by atoms with Gasteiger partial charge in [0.15, 0.2) is 6.29 Å². The second-order valence-electron chi connectivity index (χ2n) is 13.0. The average molecular weight is 615 g/mol. The Morgan fingerprint density at radius 2 is 0.767 bits per heavy atom. The molecule has 6 heteroatoms. The van der Waals surface area contributed by atoms with Crippen LogP contribution in [0.1, 0.15) is 181 Å². The Bertz CT molecular complexity index is 561. The molecule has 1 rings (SSSR count). The molecule has 0 spiro atoms. The maximum Gasteiger partial charge on any atom is 0.186 e. The van der Waals surface area contributed by atoms with Gasteiger partial charge in [-0.25, -0.2) is 0 Å². The summed E-state index contributed by atoms with van der Waals surface area (Å²) in [6.07, 6.45) is 27.9. The summed E-state index contributed by atoms with van der Waals surface area (Å²) in [4.78, 5) is 0. The van der Waals surface area contributed by atoms with Gasteiger partial charge in [-0.15, -0.1) is 0 Å². The predicted molar refractivity (Wildman–Crippen MR) is 180 cm³/mol. The fourth-order valence-electron chi connectivity index (χ4n) is 6.07. The minimum atomic E-state index is -0.935. The first-order chi connectivity index (χ1) is 21.2. The van der Waals surface area contributed by atoms with E-state index in [2.05, 4.69) is 20.8 Å². The van der Waals surface area contributed by atoms with Crippen LogP contribution in [0.25, 0.3) is 0 Å². The van der Waals surface area contributed by atoms with Crippen molar-refractivity contribution in [3.8, 4) is 0 Å². The van der Waals surface area contributed by atoms with Gasteiger partial charge in [-0.05, 0) is 19.3 Å². The molecular formula is C37H74O6. The highest BCUT2D eigenvalue weighted by molar-refractivity contribution is 4.91. The number of aliphatic hydroxyl groups is 2. The Balaban J connectivity index is 2.50. The van der Waals surface area contributed by atoms with E-state index in [9.17, 15) is 10.2 Å². The Labute approximate surface area is 267 Å². The largest absolute Gasteiger partial charge is 0.394 e. The third-order valence-corrected chi connectivity index (χ3v) is 8.94. The molecule has 0 bridgehead atoms. The first kappa shape index (κ1) is 40.8. The Hall–Kier alpha value is -0.240. The van der Waals surface area contributed by atoms with Gasteiger partial charge in [0.1, 0.15) is 24.4 Å². The van der Waals surface area contributed by atoms with Gasteiger partial charge in [0.25, 0.3) is 0 Å². The van der Waals surface area contributed by atoms with Crippen LogP contribution in [0.4, 0.5) is 0 Å². The summed E-state index contributed by atoms with van der Waals surface area (Å²) in [6, 6.07) is 0. The molecule has 0 aromatic carbocycles. The molecule has 0 aromatic rings. The van der Waals surface area contributed by atoms with E-state index in [4.69, 9.17) is 18.9 Å². The van der Waals surface area contributed by atoms with E-state index in [1.165, 1.54) is 122 Å². The zero-order chi connectivity index (χ0) is 31.2. The molecule has 0 unspecified atom stereocenters. The fraction of sp³-hybridized carbons (Fsp3) is 1.00. The number of hydrogen-bond donors (Lipinski definition) is 2. The van der Waals surface area contributed by atoms with E-state index in [-0.39, 0.29) is 6.61 Å². The molecule has 0 saturated carbocycles. The van der Waals surface area contributed by atoms with Gasteiger partial charge in [-0.3, -0.25) is 0 Å². The third-order valence-electron chi connectivity index (χ3n) is 8.94. The summed E-state index contributed by atoms with van der Waals surface area (Å²) in [5.41, 5.74) is 0. The molecule has 1 aliphatic rings. The molecule has 258 valence electrons. The molecular weight excluding hydrogens is 540 g/mol. The molecule has 0 aromatic heterocycles. The van der Waals surface area contributed by atoms with E-state index in [1.807, 2.05) is 0 Å². The maximum atomic E-state index is 11.1. The normalized spacial score (nSPS) is 22.4. The SMILES string of the molecule is CCCCCCCCCCCCO[C@H]1[C@H](OCCCCCCC)O[C@H](CO)[C@H](O)[C@@H]1OCCCCCCCCCCCC. The van der Waals surface area contributed by atoms with Crippen LogP contribution in [0.5, 0.6) is 0 Å². The van der Waals surface area contributed by atoms with Gasteiger partial charge in [0.2, 0.25) is 0 Å². The Morgan fingerprint density at radius 1 is 0.442 bits per heavy atom. The molecule has 5 atom stereocenters. The first-order valence-electron chi connectivity index (χ1n) is 19.0. The first-order valence-corrected chi connectivity index (χ1v) is 19.0. The van der Waals surface area contributed by atoms with Crippen molar-refractivity contribution in [1.29, 1.82) is 0 Å². The van der Waals surface area contributed by atoms with E-state index >= 15 is 0 Å². The molecule has 1 heterocycles. The summed E-state index contributed by atoms with van der Waals surface area (Å²) >= 11 is 0. The minimum Gasteiger partial charge on any atom is -0.394 e. The van der Waals surface area contributed by atoms with Crippen molar-refractivity contribution in [2.75, 3.05) is 26.4 Å². The van der Waals surface area contributed by atoms with E-state index in [0.717, 1.165) is 38.5 Å². The smallest absolute Gasteiger partial charge is 0.186 e. The standard InChI is InChI=1S/C37H74O6/c1-4-7-10-13-15-17-19-21-24-26-29-40-35-34(39)33(32-38)43-37(42-31-28-23-12-9-6-3)36(35)41-30-27-25-22-20-18-16-14-11-8-5-2/h33-39H,4-32H2,1-3H3/t33-,34+,35+,36-,37-/m1/s1. The topological polar surface area (TPSA) is 77.4 Å². The molecule has 43 heavy (non-hydrogen) atoms. The molecule has 0 amide bonds. The van der Waals surface area contributed by atoms with Gasteiger partial charge < -0.3 is 29.2 Å². The Kier molecular flexibility index (Phi) is 28.8. The fourth-order valence-corrected chi connectivity index (χ4v) is 6.07. The van der Waals surface area contributed by atoms with Crippen molar-refractivity contribution in [2.24, 2.45) is 0 Å². The van der Waals surface area contributed by atoms with Crippen LogP contribution in [-0.2, 0) is 18.9 Å². The van der Waals surface area contributed by atoms with Gasteiger partial charge in [0, 0.05) is 19.8 Å². The van der Waals surface area contributed by atoms with Gasteiger partial charge >= 0.3 is 0 Å². The van der Waals surface area contributed by atoms with Crippen LogP contribution in [0.3, 0.4) is 0 Å². The lowest BCUT2D eigenvalue weighted by Crippen LogP contribution is -2.61. The summed E-state index contributed by atoms with van der Waals surface area (Å²) in [6.45, 7) is 8.27. The van der Waals surface area contributed by atoms with Crippen LogP contribution in [0.15, 0.2) is 0 Å². The van der Waals surface area contributed by atoms with Crippen molar-refractivity contribution in [3.63, 3.8) is 0 Å². The molecule has 1 saturated heterocycles. The number of rotatable bonds is 32. The quantitative estimate of drug-likeness (QED) is 0.0735. The van der Waals surface area contributed by atoms with Crippen molar-refractivity contribution in [2.45, 2.75) is 212 Å². The van der Waals surface area contributed by atoms with Gasteiger partial charge in [-0.2, -0.15) is 0 Å². The zero-order valence-corrected chi connectivity index (χ0v) is 28.9. The summed E-state index contributed by atoms with van der Waals surface area (Å²) in [5.74, 6) is 0. The predicted octanol–water partition coefficient (Wildman–Crippen LogP) is 9.66. The lowest BCUT2D eigenvalue weighted by Gasteiger charge is -2.43. The van der Waals surface area contributed by atoms with Gasteiger partial charge in [-0.1, -0.05) is 162 Å². The van der Waals surface area contributed by atoms with Crippen LogP contribution >= 0.6 is 0 Å². The summed E-state index contributed by atoms with van der Waals surface area (Å²) in [7, 11) is 0. The highest BCUT2D eigenvalue weighted by atomic mass is 16.7. The number of ether oxygens (including phenoxy) is 4. The molecule has 0 radical (unpaired) electrons. The summed E-state index contributed by atoms with van der Waals surface area (Å²) in [5, 5.41) is 21.0. The number of aliphatic hydroxyl groups excluding tert-OH is 2. The van der Waals surface area contributed by atoms with Crippen molar-refractivity contribution < 1.29 is 29.2 Å². The molecule has 6 nitrogen and oxygen atoms in total. The highest BCUT2D eigenvalue weighted by Crippen LogP contribution is 2.28. The van der Waals surface area contributed by atoms with E-state index < -0.39 is 30.7 Å². The zero-order valence-electron chi connectivity index (χ0n) is 28.9. The van der Waals surface area contributed by atoms with Crippen LogP contribution < -0.4 is 0 Å². The van der Waals surface area contributed by atoms with Crippen molar-refractivity contribution >= 4 is 0 Å². The van der Waals surface area contributed by atoms with Crippen molar-refractivity contribution in [1.82, 2.24) is 0 Å². The van der Waals surface area contributed by atoms with E-state index in [0.29, 0.717) is 19.8 Å². The van der Waals surface area contributed by atoms with Crippen LogP contribution in [0, 0.1) is 0 Å². The lowest BCUT2D eigenvalue weighted by atomic mass is 9.98. The number of unbranched alkanes of at least 4 members (excludes halogenated alkanes) is 22. The van der Waals surface area contributed by atoms with E-state index in [1.54, 1.807) is 0 Å². The number of hydrogen-bond acceptors (Lipinski definition) is 6. The Morgan fingerprint density at radius 3 is 1.14 bits per heavy atom. The lowest BCUT2D eigenvalue weighted by molar-refractivity contribution is -0.316. The average Bonchev–Trinajstić information content (AvgIpc) is 3.02. The van der Waals surface area contributed by atoms with Crippen LogP contribution in [0.2, 0.25) is 0 Å². The molecule has 0 aliphatic carbocycles. The molecule has 1 aliphatic heterocycles. The maximum absolute atomic E-state index is 11.1. The monoisotopic (exact) mass is 615 g/mol. The molecule has 1 fully saturated rings. The van der Waals surface area contributed by atoms with Crippen LogP contribution in [-0.4, -0.2) is 67.3 Å². The summed E-state index contributed by atoms with van der Waals surface area (Å²) < 4.78 is 24.9. The third kappa shape index (κ3) is 21.2. The van der Waals surface area contributed by atoms with Gasteiger partial charge in [0.05, 0.1) is 6.61 Å². The second kappa shape index (κ2) is 30.4. The second-order valence-corrected chi connectivity index (χ2v) is 13.0. The molecule has 2 N–H and O–H groups in total. The van der Waals surface area contributed by atoms with Crippen molar-refractivity contribution in [3.05, 3.63) is 0 Å². The minimum absolute atomic E-state index is 0.263. The highest BCUT2D eigenvalue weighted by Gasteiger charge is 2.47.